The molecule has 130 valence electrons. The Labute approximate surface area is 159 Å². The minimum atomic E-state index is -0.979. The lowest BCUT2D eigenvalue weighted by Gasteiger charge is -2.12. The molecule has 1 heterocycles. The number of nitrogens with zero attached hydrogens (tertiary/aromatic N) is 1. The Bertz CT molecular complexity index is 826. The summed E-state index contributed by atoms with van der Waals surface area (Å²) in [6.45, 7) is 0.632. The molecule has 7 heteroatoms. The van der Waals surface area contributed by atoms with Crippen molar-refractivity contribution < 1.29 is 14.3 Å². The van der Waals surface area contributed by atoms with Crippen LogP contribution in [0.15, 0.2) is 51.9 Å². The molecule has 1 aliphatic rings. The molecule has 0 aliphatic carbocycles. The Morgan fingerprint density at radius 3 is 2.76 bits per heavy atom. The average molecular weight is 424 g/mol. The summed E-state index contributed by atoms with van der Waals surface area (Å²) < 4.78 is 11.4. The third-order valence-corrected chi connectivity index (χ3v) is 4.48. The number of hydrogen-bond donors (Lipinski definition) is 1. The predicted octanol–water partition coefficient (Wildman–Crippen LogP) is 3.88. The first-order valence-corrected chi connectivity index (χ1v) is 8.81. The number of rotatable bonds is 5. The van der Waals surface area contributed by atoms with E-state index in [-0.39, 0.29) is 12.5 Å². The van der Waals surface area contributed by atoms with Gasteiger partial charge in [0.1, 0.15) is 0 Å². The van der Waals surface area contributed by atoms with Crippen molar-refractivity contribution in [1.82, 2.24) is 0 Å². The van der Waals surface area contributed by atoms with Crippen LogP contribution in [0.3, 0.4) is 0 Å². The second kappa shape index (κ2) is 8.10. The Morgan fingerprint density at radius 1 is 1.20 bits per heavy atom. The maximum Gasteiger partial charge on any atom is 0.276 e. The number of ether oxygens (including phenoxy) is 2. The number of hydrogen-bond acceptors (Lipinski definition) is 4. The molecular formula is C18H16BrClN2O3. The van der Waals surface area contributed by atoms with E-state index in [0.29, 0.717) is 23.0 Å². The van der Waals surface area contributed by atoms with Crippen molar-refractivity contribution in [3.05, 3.63) is 63.1 Å². The fraction of sp³-hybridized carbons (Fsp3) is 0.222. The number of nitrogens with one attached hydrogen (secondary N) is 1. The summed E-state index contributed by atoms with van der Waals surface area (Å²) in [4.78, 5) is 17.1. The summed E-state index contributed by atoms with van der Waals surface area (Å²) >= 11 is 9.84. The topological polar surface area (TPSA) is 59.9 Å². The second-order valence-corrected chi connectivity index (χ2v) is 6.68. The van der Waals surface area contributed by atoms with Gasteiger partial charge in [-0.25, -0.2) is 4.99 Å². The van der Waals surface area contributed by atoms with Crippen LogP contribution in [0.4, 0.5) is 5.69 Å². The quantitative estimate of drug-likeness (QED) is 0.743. The van der Waals surface area contributed by atoms with E-state index < -0.39 is 6.23 Å². The SMILES string of the molecule is COCCOC1N=C(c2ccccc2Cl)c2cc(Br)ccc2NC1=O. The maximum absolute atomic E-state index is 12.5. The van der Waals surface area contributed by atoms with Crippen molar-refractivity contribution in [2.45, 2.75) is 6.23 Å². The molecule has 1 unspecified atom stereocenters. The number of halogens is 2. The van der Waals surface area contributed by atoms with Crippen LogP contribution in [0.1, 0.15) is 11.1 Å². The van der Waals surface area contributed by atoms with Crippen LogP contribution in [0.2, 0.25) is 5.02 Å². The fourth-order valence-corrected chi connectivity index (χ4v) is 3.07. The highest BCUT2D eigenvalue weighted by atomic mass is 79.9. The van der Waals surface area contributed by atoms with Gasteiger partial charge in [0.15, 0.2) is 0 Å². The molecule has 2 aromatic carbocycles. The Kier molecular flexibility index (Phi) is 5.86. The van der Waals surface area contributed by atoms with Gasteiger partial charge in [0, 0.05) is 27.7 Å². The first-order chi connectivity index (χ1) is 12.1. The number of benzene rings is 2. The van der Waals surface area contributed by atoms with Crippen LogP contribution in [0, 0.1) is 0 Å². The Morgan fingerprint density at radius 2 is 2.00 bits per heavy atom. The minimum absolute atomic E-state index is 0.258. The van der Waals surface area contributed by atoms with Crippen molar-refractivity contribution in [3.63, 3.8) is 0 Å². The number of amides is 1. The average Bonchev–Trinajstić information content (AvgIpc) is 2.73. The zero-order valence-electron chi connectivity index (χ0n) is 13.5. The van der Waals surface area contributed by atoms with E-state index in [1.54, 1.807) is 13.2 Å². The lowest BCUT2D eigenvalue weighted by Crippen LogP contribution is -2.29. The smallest absolute Gasteiger partial charge is 0.276 e. The molecule has 0 saturated carbocycles. The highest BCUT2D eigenvalue weighted by molar-refractivity contribution is 9.10. The van der Waals surface area contributed by atoms with Gasteiger partial charge in [0.25, 0.3) is 5.91 Å². The number of anilines is 1. The van der Waals surface area contributed by atoms with E-state index in [1.807, 2.05) is 36.4 Å². The number of carbonyl (C=O) groups is 1. The monoisotopic (exact) mass is 422 g/mol. The van der Waals surface area contributed by atoms with Crippen LogP contribution < -0.4 is 5.32 Å². The molecule has 0 fully saturated rings. The number of carbonyl (C=O) groups excluding carboxylic acids is 1. The van der Waals surface area contributed by atoms with E-state index >= 15 is 0 Å². The van der Waals surface area contributed by atoms with Crippen molar-refractivity contribution in [2.75, 3.05) is 25.6 Å². The molecule has 3 rings (SSSR count). The molecule has 0 radical (unpaired) electrons. The van der Waals surface area contributed by atoms with E-state index in [9.17, 15) is 4.79 Å². The van der Waals surface area contributed by atoms with Crippen LogP contribution in [0.5, 0.6) is 0 Å². The molecule has 1 aliphatic heterocycles. The van der Waals surface area contributed by atoms with Gasteiger partial charge in [-0.3, -0.25) is 4.79 Å². The maximum atomic E-state index is 12.5. The third-order valence-electron chi connectivity index (χ3n) is 3.66. The first-order valence-electron chi connectivity index (χ1n) is 7.64. The molecule has 2 aromatic rings. The van der Waals surface area contributed by atoms with E-state index in [2.05, 4.69) is 26.2 Å². The van der Waals surface area contributed by atoms with Crippen molar-refractivity contribution in [1.29, 1.82) is 0 Å². The molecule has 0 bridgehead atoms. The van der Waals surface area contributed by atoms with Gasteiger partial charge in [-0.05, 0) is 24.3 Å². The Hall–Kier alpha value is -1.73. The van der Waals surface area contributed by atoms with Gasteiger partial charge in [-0.2, -0.15) is 0 Å². The minimum Gasteiger partial charge on any atom is -0.382 e. The summed E-state index contributed by atoms with van der Waals surface area (Å²) in [5, 5.41) is 3.42. The standard InChI is InChI=1S/C18H16BrClN2O3/c1-24-8-9-25-18-17(23)21-15-7-6-11(19)10-13(15)16(22-18)12-4-2-3-5-14(12)20/h2-7,10,18H,8-9H2,1H3,(H,21,23). The van der Waals surface area contributed by atoms with Crippen LogP contribution >= 0.6 is 27.5 Å². The van der Waals surface area contributed by atoms with Crippen LogP contribution in [-0.2, 0) is 14.3 Å². The van der Waals surface area contributed by atoms with Gasteiger partial charge in [-0.1, -0.05) is 45.7 Å². The molecule has 25 heavy (non-hydrogen) atoms. The molecule has 5 nitrogen and oxygen atoms in total. The van der Waals surface area contributed by atoms with E-state index in [4.69, 9.17) is 21.1 Å². The summed E-state index contributed by atoms with van der Waals surface area (Å²) in [6, 6.07) is 13.0. The lowest BCUT2D eigenvalue weighted by atomic mass is 10.0. The van der Waals surface area contributed by atoms with Gasteiger partial charge in [0.05, 0.1) is 24.6 Å². The van der Waals surface area contributed by atoms with Crippen LogP contribution in [0.25, 0.3) is 0 Å². The number of methoxy groups -OCH3 is 1. The van der Waals surface area contributed by atoms with Gasteiger partial charge in [0.2, 0.25) is 6.23 Å². The number of benzodiazepines with no additional fused rings is 1. The van der Waals surface area contributed by atoms with Gasteiger partial charge >= 0.3 is 0 Å². The van der Waals surface area contributed by atoms with Crippen molar-refractivity contribution in [3.8, 4) is 0 Å². The molecule has 0 saturated heterocycles. The Balaban J connectivity index is 2.10. The molecule has 0 aromatic heterocycles. The molecule has 1 N–H and O–H groups in total. The number of fused-ring (bicyclic) bond motifs is 1. The zero-order valence-corrected chi connectivity index (χ0v) is 15.8. The molecule has 1 atom stereocenters. The molecular weight excluding hydrogens is 408 g/mol. The summed E-state index contributed by atoms with van der Waals surface area (Å²) in [5.41, 5.74) is 2.77. The van der Waals surface area contributed by atoms with E-state index in [1.165, 1.54) is 0 Å². The highest BCUT2D eigenvalue weighted by Gasteiger charge is 2.27. The first kappa shape index (κ1) is 18.1. The van der Waals surface area contributed by atoms with Crippen molar-refractivity contribution >= 4 is 44.8 Å². The third kappa shape index (κ3) is 4.10. The van der Waals surface area contributed by atoms with Crippen LogP contribution in [-0.4, -0.2) is 38.2 Å². The number of aliphatic imine (C=N–C) groups is 1. The van der Waals surface area contributed by atoms with Gasteiger partial charge in [-0.15, -0.1) is 0 Å². The van der Waals surface area contributed by atoms with E-state index in [0.717, 1.165) is 15.6 Å². The second-order valence-electron chi connectivity index (χ2n) is 5.35. The molecule has 1 amide bonds. The largest absolute Gasteiger partial charge is 0.382 e. The summed E-state index contributed by atoms with van der Waals surface area (Å²) in [6.07, 6.45) is -0.979. The summed E-state index contributed by atoms with van der Waals surface area (Å²) in [7, 11) is 1.57. The predicted molar refractivity (Wildman–Crippen MR) is 101 cm³/mol. The van der Waals surface area contributed by atoms with Crippen molar-refractivity contribution in [2.24, 2.45) is 4.99 Å². The lowest BCUT2D eigenvalue weighted by molar-refractivity contribution is -0.127. The summed E-state index contributed by atoms with van der Waals surface area (Å²) in [5.74, 6) is -0.332. The fourth-order valence-electron chi connectivity index (χ4n) is 2.49. The van der Waals surface area contributed by atoms with Gasteiger partial charge < -0.3 is 14.8 Å². The molecule has 0 spiro atoms. The zero-order chi connectivity index (χ0) is 17.8. The highest BCUT2D eigenvalue weighted by Crippen LogP contribution is 2.30. The normalized spacial score (nSPS) is 16.7.